The number of allylic oxidation sites excluding steroid dienone is 1. The van der Waals surface area contributed by atoms with Gasteiger partial charge in [0.1, 0.15) is 5.75 Å². The Morgan fingerprint density at radius 1 is 1.44 bits per heavy atom. The lowest BCUT2D eigenvalue weighted by Gasteiger charge is -2.02. The van der Waals surface area contributed by atoms with Crippen LogP contribution in [-0.2, 0) is 4.79 Å². The maximum atomic E-state index is 11.3. The van der Waals surface area contributed by atoms with Gasteiger partial charge in [-0.15, -0.1) is 0 Å². The number of para-hydroxylation sites is 1. The molecule has 0 heterocycles. The first-order valence-corrected chi connectivity index (χ1v) is 5.94. The fourth-order valence-corrected chi connectivity index (χ4v) is 1.53. The van der Waals surface area contributed by atoms with Gasteiger partial charge in [0.15, 0.2) is 0 Å². The highest BCUT2D eigenvalue weighted by Crippen LogP contribution is 2.28. The number of hydrazone groups is 1. The third-order valence-corrected chi connectivity index (χ3v) is 2.70. The lowest BCUT2D eigenvalue weighted by molar-refractivity contribution is -0.122. The van der Waals surface area contributed by atoms with Gasteiger partial charge in [-0.2, -0.15) is 5.10 Å². The van der Waals surface area contributed by atoms with Gasteiger partial charge in [-0.3, -0.25) is 4.79 Å². The summed E-state index contributed by atoms with van der Waals surface area (Å²) in [5, 5.41) is 3.85. The molecule has 1 N–H and O–H groups in total. The third kappa shape index (κ3) is 3.45. The molecule has 18 heavy (non-hydrogen) atoms. The topological polar surface area (TPSA) is 50.7 Å². The molecule has 0 unspecified atom stereocenters. The van der Waals surface area contributed by atoms with E-state index in [4.69, 9.17) is 4.74 Å². The highest BCUT2D eigenvalue weighted by Gasteiger charge is 2.29. The molecule has 1 aromatic rings. The Kier molecular flexibility index (Phi) is 4.12. The van der Waals surface area contributed by atoms with Crippen LogP contribution in [0, 0.1) is 5.92 Å². The van der Waals surface area contributed by atoms with Gasteiger partial charge in [-0.25, -0.2) is 5.43 Å². The lowest BCUT2D eigenvalue weighted by Crippen LogP contribution is -2.18. The molecule has 0 aromatic heterocycles. The number of carbonyl (C=O) groups is 1. The average Bonchev–Trinajstić information content (AvgIpc) is 3.23. The SMILES string of the molecule is COc1ccccc1/C=C/C=N\NC(=O)C1CC1. The van der Waals surface area contributed by atoms with Crippen LogP contribution in [0.5, 0.6) is 5.75 Å². The number of hydrogen-bond acceptors (Lipinski definition) is 3. The van der Waals surface area contributed by atoms with Crippen LogP contribution in [0.4, 0.5) is 0 Å². The maximum Gasteiger partial charge on any atom is 0.243 e. The van der Waals surface area contributed by atoms with Crippen molar-refractivity contribution >= 4 is 18.2 Å². The molecular formula is C14H16N2O2. The molecule has 2 rings (SSSR count). The molecule has 1 fully saturated rings. The first kappa shape index (κ1) is 12.4. The van der Waals surface area contributed by atoms with E-state index < -0.39 is 0 Å². The van der Waals surface area contributed by atoms with E-state index in [2.05, 4.69) is 10.5 Å². The first-order valence-electron chi connectivity index (χ1n) is 5.94. The second kappa shape index (κ2) is 6.00. The number of nitrogens with one attached hydrogen (secondary N) is 1. The normalized spacial score (nSPS) is 15.2. The Bertz CT molecular complexity index is 476. The summed E-state index contributed by atoms with van der Waals surface area (Å²) in [5.41, 5.74) is 3.48. The average molecular weight is 244 g/mol. The van der Waals surface area contributed by atoms with Crippen molar-refractivity contribution in [1.29, 1.82) is 0 Å². The number of amides is 1. The molecule has 0 saturated heterocycles. The number of rotatable bonds is 5. The van der Waals surface area contributed by atoms with E-state index >= 15 is 0 Å². The van der Waals surface area contributed by atoms with Crippen molar-refractivity contribution in [3.8, 4) is 5.75 Å². The molecule has 1 amide bonds. The van der Waals surface area contributed by atoms with Gasteiger partial charge >= 0.3 is 0 Å². The number of nitrogens with zero attached hydrogens (tertiary/aromatic N) is 1. The number of carbonyl (C=O) groups excluding carboxylic acids is 1. The van der Waals surface area contributed by atoms with Crippen LogP contribution < -0.4 is 10.2 Å². The monoisotopic (exact) mass is 244 g/mol. The largest absolute Gasteiger partial charge is 0.496 e. The van der Waals surface area contributed by atoms with E-state index in [9.17, 15) is 4.79 Å². The van der Waals surface area contributed by atoms with Crippen molar-refractivity contribution in [3.63, 3.8) is 0 Å². The van der Waals surface area contributed by atoms with Crippen molar-refractivity contribution in [3.05, 3.63) is 35.9 Å². The summed E-state index contributed by atoms with van der Waals surface area (Å²) in [7, 11) is 1.64. The van der Waals surface area contributed by atoms with Crippen molar-refractivity contribution < 1.29 is 9.53 Å². The van der Waals surface area contributed by atoms with E-state index in [1.54, 1.807) is 19.4 Å². The number of methoxy groups -OCH3 is 1. The molecule has 94 valence electrons. The predicted octanol–water partition coefficient (Wildman–Crippen LogP) is 2.22. The summed E-state index contributed by atoms with van der Waals surface area (Å²) >= 11 is 0. The van der Waals surface area contributed by atoms with Gasteiger partial charge in [0.05, 0.1) is 7.11 Å². The summed E-state index contributed by atoms with van der Waals surface area (Å²) in [4.78, 5) is 11.3. The standard InChI is InChI=1S/C14H16N2O2/c1-18-13-7-3-2-5-11(13)6-4-10-15-16-14(17)12-8-9-12/h2-7,10,12H,8-9H2,1H3,(H,16,17)/b6-4+,15-10-. The smallest absolute Gasteiger partial charge is 0.243 e. The van der Waals surface area contributed by atoms with E-state index in [0.717, 1.165) is 24.2 Å². The van der Waals surface area contributed by atoms with Crippen molar-refractivity contribution in [1.82, 2.24) is 5.43 Å². The summed E-state index contributed by atoms with van der Waals surface area (Å²) in [6, 6.07) is 7.70. The van der Waals surface area contributed by atoms with E-state index in [1.807, 2.05) is 30.3 Å². The van der Waals surface area contributed by atoms with E-state index in [-0.39, 0.29) is 11.8 Å². The minimum absolute atomic E-state index is 0.0111. The molecule has 1 saturated carbocycles. The Hall–Kier alpha value is -2.10. The Morgan fingerprint density at radius 2 is 2.22 bits per heavy atom. The summed E-state index contributed by atoms with van der Waals surface area (Å²) in [6.45, 7) is 0. The van der Waals surface area contributed by atoms with Crippen LogP contribution >= 0.6 is 0 Å². The summed E-state index contributed by atoms with van der Waals surface area (Å²) in [5.74, 6) is 1.00. The van der Waals surface area contributed by atoms with E-state index in [0.29, 0.717) is 0 Å². The molecule has 0 bridgehead atoms. The van der Waals surface area contributed by atoms with Crippen LogP contribution in [0.25, 0.3) is 6.08 Å². The molecule has 0 aliphatic heterocycles. The summed E-state index contributed by atoms with van der Waals surface area (Å²) < 4.78 is 5.21. The minimum atomic E-state index is 0.0111. The zero-order valence-electron chi connectivity index (χ0n) is 10.3. The Morgan fingerprint density at radius 3 is 2.94 bits per heavy atom. The van der Waals surface area contributed by atoms with Crippen molar-refractivity contribution in [2.45, 2.75) is 12.8 Å². The minimum Gasteiger partial charge on any atom is -0.496 e. The van der Waals surface area contributed by atoms with Crippen molar-refractivity contribution in [2.24, 2.45) is 11.0 Å². The number of ether oxygens (including phenoxy) is 1. The third-order valence-electron chi connectivity index (χ3n) is 2.70. The Labute approximate surface area is 106 Å². The quantitative estimate of drug-likeness (QED) is 0.637. The molecule has 0 spiro atoms. The second-order valence-electron chi connectivity index (χ2n) is 4.13. The number of hydrogen-bond donors (Lipinski definition) is 1. The lowest BCUT2D eigenvalue weighted by atomic mass is 10.2. The molecular weight excluding hydrogens is 228 g/mol. The Balaban J connectivity index is 1.86. The second-order valence-corrected chi connectivity index (χ2v) is 4.13. The highest BCUT2D eigenvalue weighted by atomic mass is 16.5. The molecule has 0 radical (unpaired) electrons. The van der Waals surface area contributed by atoms with Gasteiger partial charge in [0.25, 0.3) is 0 Å². The van der Waals surface area contributed by atoms with E-state index in [1.165, 1.54) is 0 Å². The van der Waals surface area contributed by atoms with Crippen molar-refractivity contribution in [2.75, 3.05) is 7.11 Å². The van der Waals surface area contributed by atoms with Gasteiger partial charge in [0.2, 0.25) is 5.91 Å². The van der Waals surface area contributed by atoms with Crippen LogP contribution in [0.3, 0.4) is 0 Å². The fourth-order valence-electron chi connectivity index (χ4n) is 1.53. The molecule has 1 aliphatic carbocycles. The molecule has 1 aliphatic rings. The zero-order valence-corrected chi connectivity index (χ0v) is 10.3. The van der Waals surface area contributed by atoms with Crippen LogP contribution in [0.15, 0.2) is 35.4 Å². The van der Waals surface area contributed by atoms with Crippen LogP contribution in [-0.4, -0.2) is 19.2 Å². The zero-order chi connectivity index (χ0) is 12.8. The predicted molar refractivity (Wildman–Crippen MR) is 71.4 cm³/mol. The van der Waals surface area contributed by atoms with Gasteiger partial charge in [-0.1, -0.05) is 18.2 Å². The fraction of sp³-hybridized carbons (Fsp3) is 0.286. The van der Waals surface area contributed by atoms with Gasteiger partial charge < -0.3 is 4.74 Å². The highest BCUT2D eigenvalue weighted by molar-refractivity contribution is 5.83. The molecule has 4 heteroatoms. The summed E-state index contributed by atoms with van der Waals surface area (Å²) in [6.07, 6.45) is 7.18. The van der Waals surface area contributed by atoms with Crippen LogP contribution in [0.1, 0.15) is 18.4 Å². The van der Waals surface area contributed by atoms with Crippen LogP contribution in [0.2, 0.25) is 0 Å². The molecule has 4 nitrogen and oxygen atoms in total. The number of benzene rings is 1. The van der Waals surface area contributed by atoms with Gasteiger partial charge in [-0.05, 0) is 31.1 Å². The first-order chi connectivity index (χ1) is 8.81. The maximum absolute atomic E-state index is 11.3. The molecule has 0 atom stereocenters. The molecule has 1 aromatic carbocycles. The van der Waals surface area contributed by atoms with Gasteiger partial charge in [0, 0.05) is 17.7 Å².